The fourth-order valence-electron chi connectivity index (χ4n) is 2.89. The highest BCUT2D eigenvalue weighted by Crippen LogP contribution is 2.37. The van der Waals surface area contributed by atoms with Crippen molar-refractivity contribution in [3.8, 4) is 22.7 Å². The maximum Gasteiger partial charge on any atom is 0.357 e. The van der Waals surface area contributed by atoms with Crippen molar-refractivity contribution in [1.29, 1.82) is 0 Å². The van der Waals surface area contributed by atoms with Gasteiger partial charge in [-0.2, -0.15) is 5.10 Å². The molecule has 0 aliphatic heterocycles. The molecule has 0 N–H and O–H groups in total. The van der Waals surface area contributed by atoms with Crippen LogP contribution in [0.5, 0.6) is 5.75 Å². The van der Waals surface area contributed by atoms with Gasteiger partial charge in [0.15, 0.2) is 17.3 Å². The molecule has 0 saturated carbocycles. The van der Waals surface area contributed by atoms with Gasteiger partial charge >= 0.3 is 11.9 Å². The normalized spacial score (nSPS) is 10.5. The minimum Gasteiger partial charge on any atom is -0.493 e. The molecule has 0 spiro atoms. The molecule has 0 amide bonds. The van der Waals surface area contributed by atoms with E-state index in [-0.39, 0.29) is 28.3 Å². The molecule has 0 aliphatic rings. The van der Waals surface area contributed by atoms with Crippen molar-refractivity contribution in [3.05, 3.63) is 65.4 Å². The molecule has 0 radical (unpaired) electrons. The van der Waals surface area contributed by atoms with Gasteiger partial charge in [-0.3, -0.25) is 0 Å². The third kappa shape index (κ3) is 3.54. The number of aromatic nitrogens is 2. The highest BCUT2D eigenvalue weighted by molar-refractivity contribution is 6.07. The maximum atomic E-state index is 14.3. The molecule has 3 rings (SSSR count). The SMILES string of the molecule is COC(=O)c1c(-c2cc(F)cc(F)c2OC)nn(-c2ccccc2)c1C(=O)OC. The molecule has 7 nitrogen and oxygen atoms in total. The molecule has 150 valence electrons. The quantitative estimate of drug-likeness (QED) is 0.609. The number of carbonyl (C=O) groups excluding carboxylic acids is 2. The molecular weight excluding hydrogens is 386 g/mol. The molecule has 29 heavy (non-hydrogen) atoms. The summed E-state index contributed by atoms with van der Waals surface area (Å²) in [4.78, 5) is 25.1. The van der Waals surface area contributed by atoms with Gasteiger partial charge in [-0.1, -0.05) is 18.2 Å². The van der Waals surface area contributed by atoms with Crippen LogP contribution in [0.25, 0.3) is 16.9 Å². The summed E-state index contributed by atoms with van der Waals surface area (Å²) in [5.74, 6) is -4.07. The number of para-hydroxylation sites is 1. The third-order valence-corrected chi connectivity index (χ3v) is 4.12. The first-order chi connectivity index (χ1) is 13.9. The van der Waals surface area contributed by atoms with Gasteiger partial charge in [0.2, 0.25) is 0 Å². The second-order valence-corrected chi connectivity index (χ2v) is 5.77. The van der Waals surface area contributed by atoms with Gasteiger partial charge in [0.25, 0.3) is 0 Å². The molecule has 0 atom stereocenters. The van der Waals surface area contributed by atoms with Crippen LogP contribution in [0.3, 0.4) is 0 Å². The molecule has 1 aromatic heterocycles. The summed E-state index contributed by atoms with van der Waals surface area (Å²) in [6, 6.07) is 9.98. The molecule has 0 bridgehead atoms. The van der Waals surface area contributed by atoms with Gasteiger partial charge in [-0.25, -0.2) is 23.1 Å². The lowest BCUT2D eigenvalue weighted by Gasteiger charge is -2.09. The van der Waals surface area contributed by atoms with Crippen LogP contribution in [-0.2, 0) is 9.47 Å². The second kappa shape index (κ2) is 8.09. The van der Waals surface area contributed by atoms with Gasteiger partial charge in [0.05, 0.1) is 32.6 Å². The first kappa shape index (κ1) is 20.0. The minimum absolute atomic E-state index is 0.162. The van der Waals surface area contributed by atoms with Gasteiger partial charge in [0, 0.05) is 6.07 Å². The third-order valence-electron chi connectivity index (χ3n) is 4.12. The van der Waals surface area contributed by atoms with Crippen LogP contribution in [0.4, 0.5) is 8.78 Å². The Morgan fingerprint density at radius 3 is 2.21 bits per heavy atom. The lowest BCUT2D eigenvalue weighted by atomic mass is 10.0. The number of nitrogens with zero attached hydrogens (tertiary/aromatic N) is 2. The van der Waals surface area contributed by atoms with Crippen LogP contribution >= 0.6 is 0 Å². The van der Waals surface area contributed by atoms with E-state index in [1.54, 1.807) is 30.3 Å². The number of rotatable bonds is 5. The number of methoxy groups -OCH3 is 3. The number of benzene rings is 2. The molecule has 1 heterocycles. The van der Waals surface area contributed by atoms with Gasteiger partial charge in [0.1, 0.15) is 17.1 Å². The molecule has 3 aromatic rings. The van der Waals surface area contributed by atoms with Gasteiger partial charge in [-0.05, 0) is 18.2 Å². The van der Waals surface area contributed by atoms with E-state index in [0.29, 0.717) is 11.8 Å². The first-order valence-corrected chi connectivity index (χ1v) is 8.31. The molecule has 0 saturated heterocycles. The summed E-state index contributed by atoms with van der Waals surface area (Å²) in [6.07, 6.45) is 0. The Morgan fingerprint density at radius 1 is 0.966 bits per heavy atom. The Kier molecular flexibility index (Phi) is 5.58. The molecule has 9 heteroatoms. The first-order valence-electron chi connectivity index (χ1n) is 8.31. The Hall–Kier alpha value is -3.75. The fraction of sp³-hybridized carbons (Fsp3) is 0.150. The summed E-state index contributed by atoms with van der Waals surface area (Å²) in [5, 5.41) is 4.28. The highest BCUT2D eigenvalue weighted by Gasteiger charge is 2.33. The Labute approximate surface area is 164 Å². The van der Waals surface area contributed by atoms with Gasteiger partial charge in [-0.15, -0.1) is 0 Å². The van der Waals surface area contributed by atoms with Crippen LogP contribution in [0, 0.1) is 11.6 Å². The van der Waals surface area contributed by atoms with Crippen LogP contribution in [0.15, 0.2) is 42.5 Å². The zero-order chi connectivity index (χ0) is 21.1. The molecular formula is C20H16F2N2O5. The van der Waals surface area contributed by atoms with Crippen molar-refractivity contribution in [3.63, 3.8) is 0 Å². The molecule has 0 unspecified atom stereocenters. The number of hydrogen-bond donors (Lipinski definition) is 0. The molecule has 0 fully saturated rings. The van der Waals surface area contributed by atoms with Gasteiger partial charge < -0.3 is 14.2 Å². The molecule has 0 aliphatic carbocycles. The summed E-state index contributed by atoms with van der Waals surface area (Å²) >= 11 is 0. The number of carbonyl (C=O) groups is 2. The average molecular weight is 402 g/mol. The van der Waals surface area contributed by atoms with Crippen LogP contribution < -0.4 is 4.74 Å². The number of ether oxygens (including phenoxy) is 3. The monoisotopic (exact) mass is 402 g/mol. The van der Waals surface area contributed by atoms with E-state index >= 15 is 0 Å². The van der Waals surface area contributed by atoms with Crippen LogP contribution in [0.1, 0.15) is 20.8 Å². The van der Waals surface area contributed by atoms with Crippen molar-refractivity contribution in [2.75, 3.05) is 21.3 Å². The van der Waals surface area contributed by atoms with E-state index in [2.05, 4.69) is 5.10 Å². The van der Waals surface area contributed by atoms with Crippen molar-refractivity contribution in [1.82, 2.24) is 9.78 Å². The van der Waals surface area contributed by atoms with E-state index in [1.165, 1.54) is 7.11 Å². The lowest BCUT2D eigenvalue weighted by Crippen LogP contribution is -2.15. The van der Waals surface area contributed by atoms with Crippen molar-refractivity contribution < 1.29 is 32.6 Å². The fourth-order valence-corrected chi connectivity index (χ4v) is 2.89. The molecule has 2 aromatic carbocycles. The zero-order valence-electron chi connectivity index (χ0n) is 15.7. The van der Waals surface area contributed by atoms with Crippen LogP contribution in [0.2, 0.25) is 0 Å². The number of esters is 2. The largest absolute Gasteiger partial charge is 0.493 e. The minimum atomic E-state index is -0.993. The van der Waals surface area contributed by atoms with Crippen molar-refractivity contribution >= 4 is 11.9 Å². The summed E-state index contributed by atoms with van der Waals surface area (Å²) in [6.45, 7) is 0. The Balaban J connectivity index is 2.44. The smallest absolute Gasteiger partial charge is 0.357 e. The van der Waals surface area contributed by atoms with E-state index in [0.717, 1.165) is 25.0 Å². The topological polar surface area (TPSA) is 79.7 Å². The summed E-state index contributed by atoms with van der Waals surface area (Å²) < 4.78 is 44.0. The van der Waals surface area contributed by atoms with E-state index in [9.17, 15) is 18.4 Å². The standard InChI is InChI=1S/C20H16F2N2O5/c1-27-18-13(9-11(21)10-14(18)22)16-15(19(25)28-2)17(20(26)29-3)24(23-16)12-7-5-4-6-8-12/h4-10H,1-3H3. The van der Waals surface area contributed by atoms with Crippen molar-refractivity contribution in [2.24, 2.45) is 0 Å². The number of halogens is 2. The Morgan fingerprint density at radius 2 is 1.62 bits per heavy atom. The van der Waals surface area contributed by atoms with E-state index < -0.39 is 23.6 Å². The van der Waals surface area contributed by atoms with Crippen molar-refractivity contribution in [2.45, 2.75) is 0 Å². The number of hydrogen-bond acceptors (Lipinski definition) is 6. The summed E-state index contributed by atoms with van der Waals surface area (Å²) in [7, 11) is 3.43. The predicted octanol–water partition coefficient (Wildman–Crippen LogP) is 3.40. The van der Waals surface area contributed by atoms with E-state index in [4.69, 9.17) is 14.2 Å². The van der Waals surface area contributed by atoms with E-state index in [1.807, 2.05) is 0 Å². The lowest BCUT2D eigenvalue weighted by molar-refractivity contribution is 0.0549. The summed E-state index contributed by atoms with van der Waals surface area (Å²) in [5.41, 5.74) is -0.513. The highest BCUT2D eigenvalue weighted by atomic mass is 19.1. The average Bonchev–Trinajstić information content (AvgIpc) is 3.13. The maximum absolute atomic E-state index is 14.3. The second-order valence-electron chi connectivity index (χ2n) is 5.77. The Bertz CT molecular complexity index is 1080. The van der Waals surface area contributed by atoms with Crippen LogP contribution in [-0.4, -0.2) is 43.0 Å². The zero-order valence-corrected chi connectivity index (χ0v) is 15.7. The predicted molar refractivity (Wildman–Crippen MR) is 98.1 cm³/mol.